The molecule has 0 saturated heterocycles. The van der Waals surface area contributed by atoms with Gasteiger partial charge in [0.15, 0.2) is 5.13 Å². The van der Waals surface area contributed by atoms with Crippen molar-refractivity contribution in [3.63, 3.8) is 0 Å². The lowest BCUT2D eigenvalue weighted by Gasteiger charge is -2.07. The van der Waals surface area contributed by atoms with Crippen LogP contribution in [0.3, 0.4) is 0 Å². The molecule has 0 aliphatic carbocycles. The first-order valence-corrected chi connectivity index (χ1v) is 6.60. The summed E-state index contributed by atoms with van der Waals surface area (Å²) in [5.74, 6) is -1.51. The van der Waals surface area contributed by atoms with Gasteiger partial charge in [-0.15, -0.1) is 11.3 Å². The Labute approximate surface area is 118 Å². The molecule has 0 spiro atoms. The first kappa shape index (κ1) is 13.5. The minimum atomic E-state index is -0.760. The van der Waals surface area contributed by atoms with E-state index in [1.54, 1.807) is 36.7 Å². The van der Waals surface area contributed by atoms with E-state index in [0.29, 0.717) is 15.8 Å². The van der Waals surface area contributed by atoms with Crippen molar-refractivity contribution in [3.05, 3.63) is 40.4 Å². The first-order chi connectivity index (χ1) is 9.06. The molecular weight excluding hydrogens is 286 g/mol. The second kappa shape index (κ2) is 5.81. The largest absolute Gasteiger partial charge is 0.318 e. The zero-order valence-corrected chi connectivity index (χ0v) is 11.5. The Morgan fingerprint density at radius 1 is 1.26 bits per heavy atom. The maximum Gasteiger partial charge on any atom is 0.315 e. The van der Waals surface area contributed by atoms with Crippen LogP contribution in [-0.2, 0) is 9.59 Å². The zero-order valence-electron chi connectivity index (χ0n) is 9.94. The van der Waals surface area contributed by atoms with Gasteiger partial charge in [0.2, 0.25) is 0 Å². The maximum absolute atomic E-state index is 11.7. The molecule has 98 valence electrons. The lowest BCUT2D eigenvalue weighted by Crippen LogP contribution is -2.29. The predicted octanol–water partition coefficient (Wildman–Crippen LogP) is 2.68. The quantitative estimate of drug-likeness (QED) is 0.837. The molecule has 0 aliphatic heterocycles. The van der Waals surface area contributed by atoms with Gasteiger partial charge < -0.3 is 5.32 Å². The number of nitrogens with one attached hydrogen (secondary N) is 2. The number of aryl methyl sites for hydroxylation is 1. The summed E-state index contributed by atoms with van der Waals surface area (Å²) < 4.78 is 0. The third-order valence-electron chi connectivity index (χ3n) is 2.30. The smallest absolute Gasteiger partial charge is 0.315 e. The molecule has 7 heteroatoms. The van der Waals surface area contributed by atoms with Crippen molar-refractivity contribution < 1.29 is 9.59 Å². The van der Waals surface area contributed by atoms with E-state index in [9.17, 15) is 9.59 Å². The molecule has 0 bridgehead atoms. The Morgan fingerprint density at radius 3 is 2.63 bits per heavy atom. The number of benzene rings is 1. The van der Waals surface area contributed by atoms with E-state index in [2.05, 4.69) is 15.6 Å². The number of amides is 2. The van der Waals surface area contributed by atoms with Gasteiger partial charge in [-0.3, -0.25) is 14.9 Å². The van der Waals surface area contributed by atoms with E-state index in [0.717, 1.165) is 5.56 Å². The number of nitrogens with zero attached hydrogens (tertiary/aromatic N) is 1. The molecule has 0 radical (unpaired) electrons. The standard InChI is InChI=1S/C12H10ClN3O2S/c1-7-6-8(13)2-3-9(7)15-10(17)11(18)16-12-14-4-5-19-12/h2-6H,1H3,(H,15,17)(H,14,16,18). The molecule has 19 heavy (non-hydrogen) atoms. The number of hydrogen-bond donors (Lipinski definition) is 2. The average Bonchev–Trinajstić information content (AvgIpc) is 2.85. The second-order valence-corrected chi connectivity index (χ2v) is 5.04. The fourth-order valence-electron chi connectivity index (χ4n) is 1.39. The van der Waals surface area contributed by atoms with Crippen molar-refractivity contribution in [2.24, 2.45) is 0 Å². The fourth-order valence-corrected chi connectivity index (χ4v) is 2.14. The Morgan fingerprint density at radius 2 is 2.00 bits per heavy atom. The minimum absolute atomic E-state index is 0.382. The highest BCUT2D eigenvalue weighted by molar-refractivity contribution is 7.13. The molecule has 0 unspecified atom stereocenters. The number of carbonyl (C=O) groups excluding carboxylic acids is 2. The van der Waals surface area contributed by atoms with Gasteiger partial charge in [-0.1, -0.05) is 11.6 Å². The van der Waals surface area contributed by atoms with Crippen LogP contribution >= 0.6 is 22.9 Å². The van der Waals surface area contributed by atoms with Crippen molar-refractivity contribution in [2.75, 3.05) is 10.6 Å². The summed E-state index contributed by atoms with van der Waals surface area (Å²) in [5, 5.41) is 7.58. The Hall–Kier alpha value is -1.92. The fraction of sp³-hybridized carbons (Fsp3) is 0.0833. The highest BCUT2D eigenvalue weighted by atomic mass is 35.5. The second-order valence-electron chi connectivity index (χ2n) is 3.70. The van der Waals surface area contributed by atoms with Crippen molar-refractivity contribution >= 4 is 45.6 Å². The molecule has 2 rings (SSSR count). The number of aromatic nitrogens is 1. The van der Waals surface area contributed by atoms with Crippen LogP contribution in [0.25, 0.3) is 0 Å². The van der Waals surface area contributed by atoms with E-state index >= 15 is 0 Å². The lowest BCUT2D eigenvalue weighted by atomic mass is 10.2. The average molecular weight is 296 g/mol. The van der Waals surface area contributed by atoms with Crippen molar-refractivity contribution in [2.45, 2.75) is 6.92 Å². The van der Waals surface area contributed by atoms with Gasteiger partial charge in [0.1, 0.15) is 0 Å². The normalized spacial score (nSPS) is 10.0. The van der Waals surface area contributed by atoms with E-state index in [1.807, 2.05) is 0 Å². The third-order valence-corrected chi connectivity index (χ3v) is 3.22. The van der Waals surface area contributed by atoms with Crippen LogP contribution in [0.2, 0.25) is 5.02 Å². The summed E-state index contributed by atoms with van der Waals surface area (Å²) in [6.45, 7) is 1.79. The number of rotatable bonds is 2. The summed E-state index contributed by atoms with van der Waals surface area (Å²) in [6.07, 6.45) is 1.54. The van der Waals surface area contributed by atoms with Crippen LogP contribution in [0.1, 0.15) is 5.56 Å². The van der Waals surface area contributed by atoms with Gasteiger partial charge in [-0.05, 0) is 30.7 Å². The van der Waals surface area contributed by atoms with Crippen LogP contribution in [0.4, 0.5) is 10.8 Å². The molecule has 5 nitrogen and oxygen atoms in total. The van der Waals surface area contributed by atoms with E-state index in [1.165, 1.54) is 11.3 Å². The molecule has 0 fully saturated rings. The van der Waals surface area contributed by atoms with Gasteiger partial charge >= 0.3 is 11.8 Å². The maximum atomic E-state index is 11.7. The number of halogens is 1. The van der Waals surface area contributed by atoms with E-state index in [-0.39, 0.29) is 0 Å². The Bertz CT molecular complexity index is 613. The van der Waals surface area contributed by atoms with Gasteiger partial charge in [-0.2, -0.15) is 0 Å². The topological polar surface area (TPSA) is 71.1 Å². The third kappa shape index (κ3) is 3.52. The van der Waals surface area contributed by atoms with Crippen molar-refractivity contribution in [1.29, 1.82) is 0 Å². The van der Waals surface area contributed by atoms with E-state index < -0.39 is 11.8 Å². The number of thiazole rings is 1. The van der Waals surface area contributed by atoms with Crippen LogP contribution in [-0.4, -0.2) is 16.8 Å². The first-order valence-electron chi connectivity index (χ1n) is 5.34. The molecular formula is C12H10ClN3O2S. The lowest BCUT2D eigenvalue weighted by molar-refractivity contribution is -0.133. The summed E-state index contributed by atoms with van der Waals surface area (Å²) in [5.41, 5.74) is 1.33. The molecule has 1 aromatic carbocycles. The van der Waals surface area contributed by atoms with Crippen LogP contribution in [0.5, 0.6) is 0 Å². The summed E-state index contributed by atoms with van der Waals surface area (Å²) in [7, 11) is 0. The molecule has 0 atom stereocenters. The van der Waals surface area contributed by atoms with Gasteiger partial charge in [0.05, 0.1) is 0 Å². The molecule has 1 heterocycles. The SMILES string of the molecule is Cc1cc(Cl)ccc1NC(=O)C(=O)Nc1nccs1. The van der Waals surface area contributed by atoms with Gasteiger partial charge in [-0.25, -0.2) is 4.98 Å². The molecule has 2 aromatic rings. The number of anilines is 2. The zero-order chi connectivity index (χ0) is 13.8. The number of carbonyl (C=O) groups is 2. The molecule has 1 aromatic heterocycles. The highest BCUT2D eigenvalue weighted by Crippen LogP contribution is 2.19. The van der Waals surface area contributed by atoms with Crippen LogP contribution in [0.15, 0.2) is 29.8 Å². The van der Waals surface area contributed by atoms with Gasteiger partial charge in [0.25, 0.3) is 0 Å². The number of hydrogen-bond acceptors (Lipinski definition) is 4. The summed E-state index contributed by atoms with van der Waals surface area (Å²) in [6, 6.07) is 4.99. The van der Waals surface area contributed by atoms with Crippen molar-refractivity contribution in [1.82, 2.24) is 4.98 Å². The van der Waals surface area contributed by atoms with Crippen LogP contribution in [0, 0.1) is 6.92 Å². The van der Waals surface area contributed by atoms with E-state index in [4.69, 9.17) is 11.6 Å². The Balaban J connectivity index is 2.02. The monoisotopic (exact) mass is 295 g/mol. The predicted molar refractivity (Wildman–Crippen MR) is 75.6 cm³/mol. The molecule has 2 N–H and O–H groups in total. The summed E-state index contributed by atoms with van der Waals surface area (Å²) in [4.78, 5) is 27.2. The minimum Gasteiger partial charge on any atom is -0.318 e. The van der Waals surface area contributed by atoms with Crippen LogP contribution < -0.4 is 10.6 Å². The molecule has 0 aliphatic rings. The summed E-state index contributed by atoms with van der Waals surface area (Å²) >= 11 is 7.05. The molecule has 2 amide bonds. The highest BCUT2D eigenvalue weighted by Gasteiger charge is 2.15. The Kier molecular flexibility index (Phi) is 4.13. The van der Waals surface area contributed by atoms with Gasteiger partial charge in [0, 0.05) is 22.3 Å². The molecule has 0 saturated carbocycles. The van der Waals surface area contributed by atoms with Crippen molar-refractivity contribution in [3.8, 4) is 0 Å².